The average molecular weight is 240 g/mol. The van der Waals surface area contributed by atoms with Crippen molar-refractivity contribution in [3.8, 4) is 0 Å². The predicted octanol–water partition coefficient (Wildman–Crippen LogP) is 2.43. The van der Waals surface area contributed by atoms with E-state index in [0.29, 0.717) is 5.69 Å². The molecule has 1 aliphatic rings. The average Bonchev–Trinajstić information content (AvgIpc) is 2.82. The Kier molecular flexibility index (Phi) is 2.76. The van der Waals surface area contributed by atoms with Crippen LogP contribution in [0.4, 0.5) is 5.69 Å². The Morgan fingerprint density at radius 2 is 2.06 bits per heavy atom. The summed E-state index contributed by atoms with van der Waals surface area (Å²) in [5, 5.41) is 10.5. The van der Waals surface area contributed by atoms with Gasteiger partial charge in [-0.25, -0.2) is 0 Å². The molecule has 92 valence electrons. The molecule has 2 unspecified atom stereocenters. The molecule has 0 saturated carbocycles. The van der Waals surface area contributed by atoms with E-state index >= 15 is 0 Å². The fourth-order valence-electron chi connectivity index (χ4n) is 2.75. The van der Waals surface area contributed by atoms with Gasteiger partial charge in [-0.05, 0) is 30.5 Å². The molecule has 3 nitrogen and oxygen atoms in total. The van der Waals surface area contributed by atoms with Crippen molar-refractivity contribution in [3.05, 3.63) is 59.4 Å². The maximum Gasteiger partial charge on any atom is 0.0893 e. The molecule has 1 aromatic heterocycles. The monoisotopic (exact) mass is 240 g/mol. The van der Waals surface area contributed by atoms with Crippen LogP contribution >= 0.6 is 0 Å². The van der Waals surface area contributed by atoms with Crippen molar-refractivity contribution in [3.63, 3.8) is 0 Å². The number of anilines is 1. The third-order valence-electron chi connectivity index (χ3n) is 3.70. The van der Waals surface area contributed by atoms with Crippen LogP contribution in [-0.4, -0.2) is 10.1 Å². The van der Waals surface area contributed by atoms with E-state index in [1.165, 1.54) is 5.56 Å². The molecule has 0 bridgehead atoms. The maximum atomic E-state index is 10.5. The van der Waals surface area contributed by atoms with Gasteiger partial charge in [-0.2, -0.15) is 0 Å². The zero-order valence-electron chi connectivity index (χ0n) is 10.1. The van der Waals surface area contributed by atoms with Crippen molar-refractivity contribution in [2.75, 3.05) is 5.73 Å². The van der Waals surface area contributed by atoms with Crippen LogP contribution in [0, 0.1) is 0 Å². The predicted molar refractivity (Wildman–Crippen MR) is 71.1 cm³/mol. The van der Waals surface area contributed by atoms with Crippen LogP contribution in [0.2, 0.25) is 0 Å². The Hall–Kier alpha value is -1.87. The Bertz CT molecular complexity index is 568. The smallest absolute Gasteiger partial charge is 0.0893 e. The minimum absolute atomic E-state index is 0.0610. The SMILES string of the molecule is Nc1ccccc1C(O)C1CCc2cccnc21. The van der Waals surface area contributed by atoms with Crippen LogP contribution in [0.15, 0.2) is 42.6 Å². The van der Waals surface area contributed by atoms with E-state index in [1.807, 2.05) is 30.3 Å². The number of rotatable bonds is 2. The van der Waals surface area contributed by atoms with Gasteiger partial charge in [0.2, 0.25) is 0 Å². The molecule has 3 heteroatoms. The van der Waals surface area contributed by atoms with Gasteiger partial charge in [0.25, 0.3) is 0 Å². The molecular formula is C15H16N2O. The highest BCUT2D eigenvalue weighted by Crippen LogP contribution is 2.41. The van der Waals surface area contributed by atoms with Crippen molar-refractivity contribution in [1.82, 2.24) is 4.98 Å². The van der Waals surface area contributed by atoms with E-state index < -0.39 is 6.10 Å². The molecular weight excluding hydrogens is 224 g/mol. The normalized spacial score (nSPS) is 19.5. The summed E-state index contributed by atoms with van der Waals surface area (Å²) < 4.78 is 0. The summed E-state index contributed by atoms with van der Waals surface area (Å²) in [6.45, 7) is 0. The van der Waals surface area contributed by atoms with Crippen LogP contribution in [0.3, 0.4) is 0 Å². The summed E-state index contributed by atoms with van der Waals surface area (Å²) in [5.41, 5.74) is 9.65. The van der Waals surface area contributed by atoms with Gasteiger partial charge in [-0.1, -0.05) is 24.3 Å². The highest BCUT2D eigenvalue weighted by Gasteiger charge is 2.31. The molecule has 0 aliphatic heterocycles. The Morgan fingerprint density at radius 1 is 1.22 bits per heavy atom. The van der Waals surface area contributed by atoms with Crippen LogP contribution in [0.25, 0.3) is 0 Å². The highest BCUT2D eigenvalue weighted by atomic mass is 16.3. The number of fused-ring (bicyclic) bond motifs is 1. The quantitative estimate of drug-likeness (QED) is 0.792. The van der Waals surface area contributed by atoms with Gasteiger partial charge in [0.1, 0.15) is 0 Å². The van der Waals surface area contributed by atoms with Crippen molar-refractivity contribution in [2.24, 2.45) is 0 Å². The second-order valence-corrected chi connectivity index (χ2v) is 4.77. The first-order valence-electron chi connectivity index (χ1n) is 6.23. The number of nitrogen functional groups attached to an aromatic ring is 1. The molecule has 1 heterocycles. The number of para-hydroxylation sites is 1. The summed E-state index contributed by atoms with van der Waals surface area (Å²) >= 11 is 0. The van der Waals surface area contributed by atoms with Gasteiger partial charge in [-0.3, -0.25) is 4.98 Å². The molecule has 0 fully saturated rings. The largest absolute Gasteiger partial charge is 0.398 e. The number of aliphatic hydroxyl groups excluding tert-OH is 1. The summed E-state index contributed by atoms with van der Waals surface area (Å²) in [7, 11) is 0. The molecule has 0 radical (unpaired) electrons. The Balaban J connectivity index is 1.96. The van der Waals surface area contributed by atoms with Gasteiger partial charge in [-0.15, -0.1) is 0 Å². The number of benzene rings is 1. The van der Waals surface area contributed by atoms with Gasteiger partial charge in [0, 0.05) is 29.1 Å². The summed E-state index contributed by atoms with van der Waals surface area (Å²) in [5.74, 6) is 0.0610. The molecule has 3 N–H and O–H groups in total. The van der Waals surface area contributed by atoms with Gasteiger partial charge < -0.3 is 10.8 Å². The number of hydrogen-bond donors (Lipinski definition) is 2. The lowest BCUT2D eigenvalue weighted by molar-refractivity contribution is 0.144. The lowest BCUT2D eigenvalue weighted by atomic mass is 9.92. The zero-order chi connectivity index (χ0) is 12.5. The van der Waals surface area contributed by atoms with E-state index in [2.05, 4.69) is 11.1 Å². The number of pyridine rings is 1. The van der Waals surface area contributed by atoms with E-state index in [1.54, 1.807) is 6.20 Å². The molecule has 2 aromatic rings. The standard InChI is InChI=1S/C15H16N2O/c16-13-6-2-1-5-11(13)15(18)12-8-7-10-4-3-9-17-14(10)12/h1-6,9,12,15,18H,7-8,16H2. The molecule has 18 heavy (non-hydrogen) atoms. The zero-order valence-corrected chi connectivity index (χ0v) is 10.1. The Morgan fingerprint density at radius 3 is 2.89 bits per heavy atom. The summed E-state index contributed by atoms with van der Waals surface area (Å²) in [6.07, 6.45) is 3.14. The van der Waals surface area contributed by atoms with Crippen molar-refractivity contribution in [2.45, 2.75) is 24.9 Å². The first-order chi connectivity index (χ1) is 8.77. The third-order valence-corrected chi connectivity index (χ3v) is 3.70. The molecule has 0 amide bonds. The van der Waals surface area contributed by atoms with Crippen molar-refractivity contribution in [1.29, 1.82) is 0 Å². The number of nitrogens with zero attached hydrogens (tertiary/aromatic N) is 1. The molecule has 1 aromatic carbocycles. The first kappa shape index (κ1) is 11.2. The molecule has 1 aliphatic carbocycles. The van der Waals surface area contributed by atoms with Crippen LogP contribution in [0.1, 0.15) is 35.3 Å². The fraction of sp³-hybridized carbons (Fsp3) is 0.267. The van der Waals surface area contributed by atoms with Crippen LogP contribution in [-0.2, 0) is 6.42 Å². The lowest BCUT2D eigenvalue weighted by Crippen LogP contribution is -2.11. The molecule has 0 spiro atoms. The summed E-state index contributed by atoms with van der Waals surface area (Å²) in [6, 6.07) is 11.5. The number of nitrogens with two attached hydrogens (primary N) is 1. The first-order valence-corrected chi connectivity index (χ1v) is 6.23. The molecule has 3 rings (SSSR count). The van der Waals surface area contributed by atoms with Gasteiger partial charge in [0.05, 0.1) is 6.10 Å². The Labute approximate surface area is 106 Å². The van der Waals surface area contributed by atoms with Gasteiger partial charge >= 0.3 is 0 Å². The summed E-state index contributed by atoms with van der Waals surface area (Å²) in [4.78, 5) is 4.42. The maximum absolute atomic E-state index is 10.5. The van der Waals surface area contributed by atoms with Crippen LogP contribution < -0.4 is 5.73 Å². The second kappa shape index (κ2) is 4.42. The third kappa shape index (κ3) is 1.77. The van der Waals surface area contributed by atoms with Crippen molar-refractivity contribution >= 4 is 5.69 Å². The van der Waals surface area contributed by atoms with E-state index in [0.717, 1.165) is 24.1 Å². The minimum Gasteiger partial charge on any atom is -0.398 e. The fourth-order valence-corrected chi connectivity index (χ4v) is 2.75. The minimum atomic E-state index is -0.567. The molecule has 0 saturated heterocycles. The highest BCUT2D eigenvalue weighted by molar-refractivity contribution is 5.49. The topological polar surface area (TPSA) is 59.1 Å². The second-order valence-electron chi connectivity index (χ2n) is 4.77. The number of aryl methyl sites for hydroxylation is 1. The number of aliphatic hydroxyl groups is 1. The van der Waals surface area contributed by atoms with Gasteiger partial charge in [0.15, 0.2) is 0 Å². The number of aromatic nitrogens is 1. The van der Waals surface area contributed by atoms with E-state index in [4.69, 9.17) is 5.73 Å². The molecule has 2 atom stereocenters. The van der Waals surface area contributed by atoms with E-state index in [9.17, 15) is 5.11 Å². The lowest BCUT2D eigenvalue weighted by Gasteiger charge is -2.20. The van der Waals surface area contributed by atoms with E-state index in [-0.39, 0.29) is 5.92 Å². The number of hydrogen-bond acceptors (Lipinski definition) is 3. The van der Waals surface area contributed by atoms with Crippen molar-refractivity contribution < 1.29 is 5.11 Å². The van der Waals surface area contributed by atoms with Crippen LogP contribution in [0.5, 0.6) is 0 Å².